The van der Waals surface area contributed by atoms with Gasteiger partial charge in [-0.2, -0.15) is 0 Å². The summed E-state index contributed by atoms with van der Waals surface area (Å²) in [6.07, 6.45) is 3.64. The van der Waals surface area contributed by atoms with E-state index in [9.17, 15) is 0 Å². The van der Waals surface area contributed by atoms with Crippen LogP contribution < -0.4 is 3.61 Å². The first-order valence-corrected chi connectivity index (χ1v) is 19.7. The molecule has 1 aromatic carbocycles. The first-order valence-electron chi connectivity index (χ1n) is 5.29. The maximum atomic E-state index is 5.93. The third-order valence-corrected chi connectivity index (χ3v) is 20.5. The average molecular weight is 608 g/mol. The first kappa shape index (κ1) is 16.8. The van der Waals surface area contributed by atoms with Gasteiger partial charge in [-0.1, -0.05) is 0 Å². The molecule has 1 aromatic rings. The number of unbranched alkanes of at least 4 members (excludes halogenated alkanes) is 1. The van der Waals surface area contributed by atoms with Crippen LogP contribution in [0.5, 0.6) is 0 Å². The predicted molar refractivity (Wildman–Crippen MR) is 96.3 cm³/mol. The Balaban J connectivity index is 2.95. The number of benzene rings is 1. The topological polar surface area (TPSA) is 0 Å². The summed E-state index contributed by atoms with van der Waals surface area (Å²) >= 11 is 13.8. The molecule has 0 aliphatic heterocycles. The van der Waals surface area contributed by atoms with Crippen molar-refractivity contribution in [3.63, 3.8) is 0 Å². The van der Waals surface area contributed by atoms with Gasteiger partial charge in [0.05, 0.1) is 0 Å². The summed E-state index contributed by atoms with van der Waals surface area (Å²) < 4.78 is 5.11. The normalized spacial score (nSPS) is 13.8. The molecule has 0 N–H and O–H groups in total. The van der Waals surface area contributed by atoms with Gasteiger partial charge in [0.25, 0.3) is 0 Å². The Morgan fingerprint density at radius 1 is 1.35 bits per heavy atom. The standard InChI is InChI=1S/C12H14Br2ClITe/c1-2-3-4-12(9-16)17(13,14)11-7-5-10(15)6-8-11/h5-9H,2-4H2,1H3/b12-9+. The van der Waals surface area contributed by atoms with Crippen molar-refractivity contribution in [3.8, 4) is 0 Å². The van der Waals surface area contributed by atoms with Crippen molar-refractivity contribution < 1.29 is 0 Å². The Labute approximate surface area is 138 Å². The molecule has 0 fully saturated rings. The van der Waals surface area contributed by atoms with Gasteiger partial charge in [-0.25, -0.2) is 0 Å². The SMILES string of the molecule is CCCC/C(=C\I)[Te](Br)(Br)c1ccc(Cl)cc1. The number of halogens is 4. The van der Waals surface area contributed by atoms with Crippen LogP contribution in [-0.2, 0) is 0 Å². The molecule has 96 valence electrons. The van der Waals surface area contributed by atoms with E-state index in [0.717, 1.165) is 5.02 Å². The molecule has 0 amide bonds. The Hall–Kier alpha value is 1.73. The zero-order valence-corrected chi connectivity index (χ0v) is 17.8. The summed E-state index contributed by atoms with van der Waals surface area (Å²) in [6.45, 7) is 2.23. The molecule has 0 spiro atoms. The van der Waals surface area contributed by atoms with Crippen molar-refractivity contribution in [2.45, 2.75) is 26.2 Å². The van der Waals surface area contributed by atoms with Gasteiger partial charge in [-0.15, -0.1) is 0 Å². The Morgan fingerprint density at radius 2 is 1.94 bits per heavy atom. The molecule has 0 heterocycles. The zero-order valence-electron chi connectivity index (χ0n) is 9.43. The molecule has 5 heteroatoms. The van der Waals surface area contributed by atoms with Gasteiger partial charge in [0, 0.05) is 0 Å². The van der Waals surface area contributed by atoms with Crippen LogP contribution in [0.4, 0.5) is 0 Å². The van der Waals surface area contributed by atoms with Crippen molar-refractivity contribution in [2.24, 2.45) is 0 Å². The van der Waals surface area contributed by atoms with E-state index in [0.29, 0.717) is 0 Å². The summed E-state index contributed by atoms with van der Waals surface area (Å²) in [6, 6.07) is 8.17. The molecule has 0 aromatic heterocycles. The fourth-order valence-corrected chi connectivity index (χ4v) is 19.0. The van der Waals surface area contributed by atoms with E-state index in [2.05, 4.69) is 71.2 Å². The Kier molecular flexibility index (Phi) is 8.01. The summed E-state index contributed by atoms with van der Waals surface area (Å²) in [5.41, 5.74) is 0. The van der Waals surface area contributed by atoms with Gasteiger partial charge < -0.3 is 0 Å². The quantitative estimate of drug-likeness (QED) is 0.292. The predicted octanol–water partition coefficient (Wildman–Crippen LogP) is 5.83. The Morgan fingerprint density at radius 3 is 2.41 bits per heavy atom. The summed E-state index contributed by atoms with van der Waals surface area (Å²) in [5.74, 6) is 0. The molecule has 1 rings (SSSR count). The average Bonchev–Trinajstić information content (AvgIpc) is 2.30. The fraction of sp³-hybridized carbons (Fsp3) is 0.333. The third kappa shape index (κ3) is 4.96. The van der Waals surface area contributed by atoms with Crippen molar-refractivity contribution in [1.82, 2.24) is 0 Å². The van der Waals surface area contributed by atoms with Crippen molar-refractivity contribution in [3.05, 3.63) is 37.0 Å². The minimum atomic E-state index is -2.43. The first-order chi connectivity index (χ1) is 8.02. The van der Waals surface area contributed by atoms with E-state index in [1.54, 1.807) is 0 Å². The van der Waals surface area contributed by atoms with Crippen LogP contribution in [0.1, 0.15) is 26.2 Å². The Bertz CT molecular complexity index is 390. The van der Waals surface area contributed by atoms with Gasteiger partial charge in [-0.3, -0.25) is 0 Å². The molecule has 0 nitrogen and oxygen atoms in total. The van der Waals surface area contributed by atoms with Crippen LogP contribution in [0.3, 0.4) is 0 Å². The van der Waals surface area contributed by atoms with E-state index >= 15 is 0 Å². The molecular formula is C12H14Br2ClITe. The van der Waals surface area contributed by atoms with Crippen molar-refractivity contribution >= 4 is 77.1 Å². The molecule has 0 atom stereocenters. The molecule has 17 heavy (non-hydrogen) atoms. The van der Waals surface area contributed by atoms with Crippen molar-refractivity contribution in [2.75, 3.05) is 0 Å². The van der Waals surface area contributed by atoms with Gasteiger partial charge in [0.15, 0.2) is 0 Å². The molecule has 0 saturated heterocycles. The molecule has 0 bridgehead atoms. The van der Waals surface area contributed by atoms with Crippen LogP contribution in [0.15, 0.2) is 32.0 Å². The zero-order chi connectivity index (χ0) is 12.9. The molecular weight excluding hydrogens is 594 g/mol. The molecule has 0 saturated carbocycles. The summed E-state index contributed by atoms with van der Waals surface area (Å²) in [5, 5.41) is 0.793. The molecule has 0 radical (unpaired) electrons. The number of hydrogen-bond donors (Lipinski definition) is 0. The van der Waals surface area contributed by atoms with Crippen LogP contribution in [0, 0.1) is 0 Å². The maximum absolute atomic E-state index is 5.93. The second-order valence-electron chi connectivity index (χ2n) is 3.60. The molecule has 0 aliphatic rings. The van der Waals surface area contributed by atoms with E-state index in [-0.39, 0.29) is 0 Å². The molecule has 0 aliphatic carbocycles. The third-order valence-electron chi connectivity index (χ3n) is 2.34. The molecule has 0 unspecified atom stereocenters. The van der Waals surface area contributed by atoms with Gasteiger partial charge in [0.1, 0.15) is 0 Å². The van der Waals surface area contributed by atoms with Crippen LogP contribution >= 0.6 is 59.7 Å². The van der Waals surface area contributed by atoms with Gasteiger partial charge in [-0.05, 0) is 0 Å². The van der Waals surface area contributed by atoms with Crippen LogP contribution in [0.25, 0.3) is 0 Å². The van der Waals surface area contributed by atoms with E-state index < -0.39 is 13.8 Å². The number of hydrogen-bond acceptors (Lipinski definition) is 0. The van der Waals surface area contributed by atoms with E-state index in [1.165, 1.54) is 26.5 Å². The fourth-order valence-electron chi connectivity index (χ4n) is 1.35. The van der Waals surface area contributed by atoms with E-state index in [4.69, 9.17) is 11.6 Å². The number of rotatable bonds is 5. The number of allylic oxidation sites excluding steroid dienone is 1. The van der Waals surface area contributed by atoms with Crippen molar-refractivity contribution in [1.29, 1.82) is 0 Å². The van der Waals surface area contributed by atoms with Gasteiger partial charge >= 0.3 is 140 Å². The van der Waals surface area contributed by atoms with Crippen LogP contribution in [-0.4, -0.2) is 13.8 Å². The second-order valence-corrected chi connectivity index (χ2v) is 29.0. The second kappa shape index (κ2) is 8.11. The van der Waals surface area contributed by atoms with E-state index in [1.807, 2.05) is 12.1 Å². The minimum absolute atomic E-state index is 0.793. The van der Waals surface area contributed by atoms with Gasteiger partial charge in [0.2, 0.25) is 0 Å². The summed E-state index contributed by atoms with van der Waals surface area (Å²) in [4.78, 5) is 0. The monoisotopic (exact) mass is 608 g/mol. The summed E-state index contributed by atoms with van der Waals surface area (Å²) in [7, 11) is 0. The van der Waals surface area contributed by atoms with Crippen LogP contribution in [0.2, 0.25) is 5.02 Å².